The molecule has 1 fully saturated rings. The summed E-state index contributed by atoms with van der Waals surface area (Å²) in [4.78, 5) is 2.51. The van der Waals surface area contributed by atoms with E-state index in [1.165, 1.54) is 0 Å². The number of sulfonamides is 1. The van der Waals surface area contributed by atoms with E-state index in [0.717, 1.165) is 11.3 Å². The van der Waals surface area contributed by atoms with Crippen LogP contribution < -0.4 is 4.83 Å². The number of nitrogens with one attached hydrogen (secondary N) is 1. The van der Waals surface area contributed by atoms with Crippen molar-refractivity contribution in [1.82, 2.24) is 9.84 Å². The Kier molecular flexibility index (Phi) is 4.45. The van der Waals surface area contributed by atoms with Gasteiger partial charge in [-0.1, -0.05) is 11.6 Å². The molecule has 1 aromatic heterocycles. The topological polar surface area (TPSA) is 58.6 Å². The predicted octanol–water partition coefficient (Wildman–Crippen LogP) is 1.69. The molecular formula is C8H10BrClN2O3S2. The van der Waals surface area contributed by atoms with Gasteiger partial charge >= 0.3 is 0 Å². The molecule has 0 aliphatic carbocycles. The van der Waals surface area contributed by atoms with Gasteiger partial charge in [-0.25, -0.2) is 13.4 Å². The van der Waals surface area contributed by atoms with Crippen molar-refractivity contribution in [2.24, 2.45) is 0 Å². The van der Waals surface area contributed by atoms with E-state index in [-0.39, 0.29) is 4.21 Å². The number of hydrogen-bond donors (Lipinski definition) is 1. The van der Waals surface area contributed by atoms with E-state index in [9.17, 15) is 8.42 Å². The molecule has 1 aliphatic heterocycles. The first-order valence-electron chi connectivity index (χ1n) is 4.79. The molecule has 0 radical (unpaired) electrons. The van der Waals surface area contributed by atoms with E-state index >= 15 is 0 Å². The van der Waals surface area contributed by atoms with Gasteiger partial charge < -0.3 is 4.74 Å². The molecule has 0 bridgehead atoms. The number of thiophene rings is 1. The molecule has 0 amide bonds. The lowest BCUT2D eigenvalue weighted by atomic mass is 10.5. The summed E-state index contributed by atoms with van der Waals surface area (Å²) in [6, 6.07) is 1.57. The fourth-order valence-electron chi connectivity index (χ4n) is 1.37. The fourth-order valence-corrected chi connectivity index (χ4v) is 5.50. The molecule has 1 N–H and O–H groups in total. The van der Waals surface area contributed by atoms with Gasteiger partial charge in [0.05, 0.1) is 22.0 Å². The molecule has 9 heteroatoms. The van der Waals surface area contributed by atoms with Crippen molar-refractivity contribution >= 4 is 48.9 Å². The number of halogens is 2. The Morgan fingerprint density at radius 1 is 1.47 bits per heavy atom. The Labute approximate surface area is 117 Å². The summed E-state index contributed by atoms with van der Waals surface area (Å²) in [5.41, 5.74) is 0. The summed E-state index contributed by atoms with van der Waals surface area (Å²) in [5.74, 6) is 0. The third-order valence-electron chi connectivity index (χ3n) is 2.13. The quantitative estimate of drug-likeness (QED) is 0.890. The second-order valence-electron chi connectivity index (χ2n) is 3.38. The number of nitrogens with zero attached hydrogens (tertiary/aromatic N) is 1. The maximum atomic E-state index is 12.1. The standard InChI is InChI=1S/C8H10BrClN2O3S2/c9-6-5-7(10)16-8(6)17(13,14)11-12-1-3-15-4-2-12/h5,11H,1-4H2. The molecule has 2 rings (SSSR count). The lowest BCUT2D eigenvalue weighted by molar-refractivity contribution is 0.0272. The second kappa shape index (κ2) is 5.52. The van der Waals surface area contributed by atoms with Gasteiger partial charge in [0.1, 0.15) is 0 Å². The van der Waals surface area contributed by atoms with Gasteiger partial charge in [0.15, 0.2) is 4.21 Å². The molecule has 0 atom stereocenters. The Balaban J connectivity index is 2.15. The average molecular weight is 362 g/mol. The molecule has 1 saturated heterocycles. The van der Waals surface area contributed by atoms with Crippen molar-refractivity contribution in [3.05, 3.63) is 14.9 Å². The molecule has 17 heavy (non-hydrogen) atoms. The smallest absolute Gasteiger partial charge is 0.264 e. The highest BCUT2D eigenvalue weighted by atomic mass is 79.9. The van der Waals surface area contributed by atoms with Crippen LogP contribution in [0.5, 0.6) is 0 Å². The predicted molar refractivity (Wildman–Crippen MR) is 69.7 cm³/mol. The van der Waals surface area contributed by atoms with Crippen LogP contribution in [0.15, 0.2) is 14.7 Å². The first-order chi connectivity index (χ1) is 7.99. The summed E-state index contributed by atoms with van der Waals surface area (Å²) in [5, 5.41) is 1.62. The van der Waals surface area contributed by atoms with Crippen LogP contribution in [0, 0.1) is 0 Å². The van der Waals surface area contributed by atoms with Crippen LogP contribution in [0.2, 0.25) is 4.34 Å². The van der Waals surface area contributed by atoms with Crippen LogP contribution in [0.4, 0.5) is 0 Å². The maximum Gasteiger partial charge on any atom is 0.264 e. The normalized spacial score (nSPS) is 18.5. The zero-order valence-corrected chi connectivity index (χ0v) is 12.6. The van der Waals surface area contributed by atoms with Crippen molar-refractivity contribution in [2.45, 2.75) is 4.21 Å². The summed E-state index contributed by atoms with van der Waals surface area (Å²) in [6.45, 7) is 2.12. The van der Waals surface area contributed by atoms with Gasteiger partial charge in [0, 0.05) is 13.1 Å². The van der Waals surface area contributed by atoms with E-state index in [4.69, 9.17) is 16.3 Å². The van der Waals surface area contributed by atoms with Gasteiger partial charge in [-0.15, -0.1) is 16.2 Å². The molecule has 5 nitrogen and oxygen atoms in total. The van der Waals surface area contributed by atoms with Gasteiger partial charge in [-0.3, -0.25) is 0 Å². The SMILES string of the molecule is O=S(=O)(NN1CCOCC1)c1sc(Cl)cc1Br. The minimum Gasteiger partial charge on any atom is -0.379 e. The molecule has 0 saturated carbocycles. The Morgan fingerprint density at radius 2 is 2.12 bits per heavy atom. The molecule has 1 aromatic rings. The monoisotopic (exact) mass is 360 g/mol. The molecule has 2 heterocycles. The fraction of sp³-hybridized carbons (Fsp3) is 0.500. The highest BCUT2D eigenvalue weighted by molar-refractivity contribution is 9.10. The number of hydrogen-bond acceptors (Lipinski definition) is 5. The van der Waals surface area contributed by atoms with Crippen LogP contribution in [-0.4, -0.2) is 39.7 Å². The highest BCUT2D eigenvalue weighted by Crippen LogP contribution is 2.34. The molecule has 0 spiro atoms. The van der Waals surface area contributed by atoms with E-state index in [2.05, 4.69) is 20.8 Å². The van der Waals surface area contributed by atoms with Crippen LogP contribution in [0.1, 0.15) is 0 Å². The number of ether oxygens (including phenoxy) is 1. The summed E-state index contributed by atoms with van der Waals surface area (Å²) in [7, 11) is -3.56. The van der Waals surface area contributed by atoms with E-state index < -0.39 is 10.0 Å². The van der Waals surface area contributed by atoms with Crippen LogP contribution >= 0.6 is 38.9 Å². The van der Waals surface area contributed by atoms with Crippen LogP contribution in [0.3, 0.4) is 0 Å². The van der Waals surface area contributed by atoms with Crippen molar-refractivity contribution in [1.29, 1.82) is 0 Å². The van der Waals surface area contributed by atoms with Crippen molar-refractivity contribution in [3.8, 4) is 0 Å². The van der Waals surface area contributed by atoms with Crippen LogP contribution in [0.25, 0.3) is 0 Å². The third-order valence-corrected chi connectivity index (χ3v) is 6.45. The molecule has 0 aromatic carbocycles. The summed E-state index contributed by atoms with van der Waals surface area (Å²) in [6.07, 6.45) is 0. The van der Waals surface area contributed by atoms with Crippen molar-refractivity contribution in [3.63, 3.8) is 0 Å². The Bertz CT molecular complexity index is 499. The van der Waals surface area contributed by atoms with Gasteiger partial charge in [-0.2, -0.15) is 0 Å². The average Bonchev–Trinajstić information content (AvgIpc) is 2.59. The Morgan fingerprint density at radius 3 is 2.65 bits per heavy atom. The zero-order chi connectivity index (χ0) is 12.5. The Hall–Kier alpha value is 0.300. The lowest BCUT2D eigenvalue weighted by Gasteiger charge is -2.26. The maximum absolute atomic E-state index is 12.1. The molecule has 96 valence electrons. The van der Waals surface area contributed by atoms with E-state index in [1.54, 1.807) is 11.1 Å². The van der Waals surface area contributed by atoms with Gasteiger partial charge in [-0.05, 0) is 22.0 Å². The van der Waals surface area contributed by atoms with Crippen LogP contribution in [-0.2, 0) is 14.8 Å². The summed E-state index contributed by atoms with van der Waals surface area (Å²) < 4.78 is 30.4. The minimum absolute atomic E-state index is 0.189. The van der Waals surface area contributed by atoms with Gasteiger partial charge in [0.25, 0.3) is 10.0 Å². The van der Waals surface area contributed by atoms with Crippen molar-refractivity contribution in [2.75, 3.05) is 26.3 Å². The van der Waals surface area contributed by atoms with E-state index in [0.29, 0.717) is 35.1 Å². The van der Waals surface area contributed by atoms with E-state index in [1.807, 2.05) is 0 Å². The second-order valence-corrected chi connectivity index (χ2v) is 7.77. The number of rotatable bonds is 3. The zero-order valence-electron chi connectivity index (χ0n) is 8.65. The first-order valence-corrected chi connectivity index (χ1v) is 8.26. The van der Waals surface area contributed by atoms with Crippen molar-refractivity contribution < 1.29 is 13.2 Å². The minimum atomic E-state index is -3.56. The molecular weight excluding hydrogens is 352 g/mol. The number of hydrazine groups is 1. The molecule has 0 unspecified atom stereocenters. The summed E-state index contributed by atoms with van der Waals surface area (Å²) >= 11 is 9.98. The van der Waals surface area contributed by atoms with Gasteiger partial charge in [0.2, 0.25) is 0 Å². The number of morpholine rings is 1. The molecule has 1 aliphatic rings. The largest absolute Gasteiger partial charge is 0.379 e. The lowest BCUT2D eigenvalue weighted by Crippen LogP contribution is -2.48. The first kappa shape index (κ1) is 13.7. The third kappa shape index (κ3) is 3.40. The highest BCUT2D eigenvalue weighted by Gasteiger charge is 2.24.